The summed E-state index contributed by atoms with van der Waals surface area (Å²) in [6.07, 6.45) is 6.44. The molecular weight excluding hydrogens is 260 g/mol. The van der Waals surface area contributed by atoms with Crippen molar-refractivity contribution in [1.29, 1.82) is 0 Å². The second-order valence-electron chi connectivity index (χ2n) is 5.77. The van der Waals surface area contributed by atoms with Crippen LogP contribution in [0.4, 0.5) is 5.13 Å². The van der Waals surface area contributed by atoms with E-state index in [1.165, 1.54) is 24.1 Å². The Labute approximate surface area is 117 Å². The number of anilines is 1. The third-order valence-electron chi connectivity index (χ3n) is 4.42. The number of aromatic nitrogens is 1. The molecule has 104 valence electrons. The zero-order valence-electron chi connectivity index (χ0n) is 11.2. The average molecular weight is 280 g/mol. The zero-order chi connectivity index (χ0) is 13.4. The fourth-order valence-electron chi connectivity index (χ4n) is 3.24. The van der Waals surface area contributed by atoms with Gasteiger partial charge in [-0.25, -0.2) is 4.98 Å². The lowest BCUT2D eigenvalue weighted by Gasteiger charge is -2.16. The van der Waals surface area contributed by atoms with Crippen LogP contribution in [0.2, 0.25) is 0 Å². The minimum absolute atomic E-state index is 0.392. The van der Waals surface area contributed by atoms with Gasteiger partial charge in [-0.1, -0.05) is 13.3 Å². The number of carboxylic acid groups (broad SMARTS) is 1. The number of hydrogen-bond donors (Lipinski definition) is 2. The molecule has 0 radical (unpaired) electrons. The van der Waals surface area contributed by atoms with Crippen molar-refractivity contribution in [3.8, 4) is 0 Å². The van der Waals surface area contributed by atoms with Gasteiger partial charge in [0, 0.05) is 10.9 Å². The molecule has 1 aromatic rings. The highest BCUT2D eigenvalue weighted by atomic mass is 32.1. The Kier molecular flexibility index (Phi) is 3.48. The van der Waals surface area contributed by atoms with Crippen LogP contribution in [0.1, 0.15) is 55.5 Å². The number of nitrogens with zero attached hydrogens (tertiary/aromatic N) is 1. The molecule has 0 spiro atoms. The molecule has 3 unspecified atom stereocenters. The van der Waals surface area contributed by atoms with Crippen LogP contribution in [0, 0.1) is 5.92 Å². The van der Waals surface area contributed by atoms with Crippen molar-refractivity contribution in [2.24, 2.45) is 5.92 Å². The maximum absolute atomic E-state index is 11.3. The van der Waals surface area contributed by atoms with Crippen LogP contribution < -0.4 is 5.32 Å². The van der Waals surface area contributed by atoms with Gasteiger partial charge in [0.2, 0.25) is 0 Å². The molecule has 3 atom stereocenters. The van der Waals surface area contributed by atoms with E-state index in [-0.39, 0.29) is 0 Å². The molecule has 1 heterocycles. The summed E-state index contributed by atoms with van der Waals surface area (Å²) in [5.74, 6) is -0.431. The average Bonchev–Trinajstić information content (AvgIpc) is 2.95. The van der Waals surface area contributed by atoms with Gasteiger partial charge in [0.25, 0.3) is 0 Å². The predicted octanol–water partition coefficient (Wildman–Crippen LogP) is 3.25. The molecule has 0 aliphatic heterocycles. The van der Waals surface area contributed by atoms with Gasteiger partial charge in [-0.05, 0) is 38.0 Å². The van der Waals surface area contributed by atoms with Crippen LogP contribution in [0.3, 0.4) is 0 Å². The summed E-state index contributed by atoms with van der Waals surface area (Å²) in [5, 5.41) is 13.7. The number of rotatable bonds is 3. The molecule has 0 aromatic carbocycles. The van der Waals surface area contributed by atoms with Crippen molar-refractivity contribution >= 4 is 22.4 Å². The van der Waals surface area contributed by atoms with Crippen LogP contribution in [0.25, 0.3) is 0 Å². The summed E-state index contributed by atoms with van der Waals surface area (Å²) in [6.45, 7) is 2.28. The minimum Gasteiger partial charge on any atom is -0.481 e. The standard InChI is InChI=1S/C14H20N2O2S/c1-8-4-2-6-10(8)15-14-16-12-9(13(17)18)5-3-7-11(12)19-14/h8-10H,2-7H2,1H3,(H,15,16)(H,17,18). The second kappa shape index (κ2) is 5.12. The van der Waals surface area contributed by atoms with Crippen LogP contribution >= 0.6 is 11.3 Å². The number of hydrogen-bond acceptors (Lipinski definition) is 4. The van der Waals surface area contributed by atoms with E-state index in [1.807, 2.05) is 0 Å². The molecular formula is C14H20N2O2S. The SMILES string of the molecule is CC1CCCC1Nc1nc2c(s1)CCCC2C(=O)O. The number of aryl methyl sites for hydroxylation is 1. The Balaban J connectivity index is 1.79. The Morgan fingerprint density at radius 3 is 2.89 bits per heavy atom. The van der Waals surface area contributed by atoms with Gasteiger partial charge in [-0.15, -0.1) is 11.3 Å². The molecule has 0 saturated heterocycles. The lowest BCUT2D eigenvalue weighted by atomic mass is 9.91. The first-order valence-corrected chi connectivity index (χ1v) is 7.95. The van der Waals surface area contributed by atoms with E-state index in [1.54, 1.807) is 11.3 Å². The smallest absolute Gasteiger partial charge is 0.312 e. The van der Waals surface area contributed by atoms with Crippen LogP contribution in [-0.2, 0) is 11.2 Å². The topological polar surface area (TPSA) is 62.2 Å². The van der Waals surface area contributed by atoms with Gasteiger partial charge in [0.1, 0.15) is 5.92 Å². The third kappa shape index (κ3) is 2.48. The number of nitrogens with one attached hydrogen (secondary N) is 1. The summed E-state index contributed by atoms with van der Waals surface area (Å²) >= 11 is 1.66. The molecule has 2 N–H and O–H groups in total. The maximum atomic E-state index is 11.3. The lowest BCUT2D eigenvalue weighted by Crippen LogP contribution is -2.22. The van der Waals surface area contributed by atoms with Crippen molar-refractivity contribution in [3.05, 3.63) is 10.6 Å². The van der Waals surface area contributed by atoms with Crippen molar-refractivity contribution in [1.82, 2.24) is 4.98 Å². The van der Waals surface area contributed by atoms with Crippen molar-refractivity contribution in [3.63, 3.8) is 0 Å². The Hall–Kier alpha value is -1.10. The Morgan fingerprint density at radius 2 is 2.21 bits per heavy atom. The molecule has 2 aliphatic carbocycles. The van der Waals surface area contributed by atoms with E-state index >= 15 is 0 Å². The molecule has 0 amide bonds. The monoisotopic (exact) mass is 280 g/mol. The van der Waals surface area contributed by atoms with Gasteiger partial charge in [0.15, 0.2) is 5.13 Å². The fraction of sp³-hybridized carbons (Fsp3) is 0.714. The molecule has 4 nitrogen and oxygen atoms in total. The van der Waals surface area contributed by atoms with Crippen molar-refractivity contribution < 1.29 is 9.90 Å². The minimum atomic E-state index is -0.730. The van der Waals surface area contributed by atoms with Gasteiger partial charge in [0.05, 0.1) is 5.69 Å². The highest BCUT2D eigenvalue weighted by Crippen LogP contribution is 2.38. The number of aliphatic carboxylic acids is 1. The summed E-state index contributed by atoms with van der Waals surface area (Å²) < 4.78 is 0. The molecule has 2 aliphatic rings. The fourth-order valence-corrected chi connectivity index (χ4v) is 4.37. The number of fused-ring (bicyclic) bond motifs is 1. The Bertz CT molecular complexity index is 486. The zero-order valence-corrected chi connectivity index (χ0v) is 12.0. The number of carbonyl (C=O) groups is 1. The van der Waals surface area contributed by atoms with Gasteiger partial charge in [-0.3, -0.25) is 4.79 Å². The Morgan fingerprint density at radius 1 is 1.37 bits per heavy atom. The number of thiazole rings is 1. The summed E-state index contributed by atoms with van der Waals surface area (Å²) in [5.41, 5.74) is 0.817. The number of carboxylic acids is 1. The van der Waals surface area contributed by atoms with E-state index < -0.39 is 11.9 Å². The van der Waals surface area contributed by atoms with Gasteiger partial charge < -0.3 is 10.4 Å². The predicted molar refractivity (Wildman–Crippen MR) is 75.9 cm³/mol. The van der Waals surface area contributed by atoms with E-state index in [4.69, 9.17) is 0 Å². The van der Waals surface area contributed by atoms with E-state index in [0.29, 0.717) is 12.0 Å². The highest BCUT2D eigenvalue weighted by molar-refractivity contribution is 7.15. The lowest BCUT2D eigenvalue weighted by molar-refractivity contribution is -0.139. The molecule has 5 heteroatoms. The molecule has 1 saturated carbocycles. The van der Waals surface area contributed by atoms with Crippen LogP contribution in [-0.4, -0.2) is 22.1 Å². The maximum Gasteiger partial charge on any atom is 0.312 e. The van der Waals surface area contributed by atoms with Crippen molar-refractivity contribution in [2.75, 3.05) is 5.32 Å². The molecule has 3 rings (SSSR count). The first kappa shape index (κ1) is 12.9. The van der Waals surface area contributed by atoms with Gasteiger partial charge >= 0.3 is 5.97 Å². The van der Waals surface area contributed by atoms with E-state index in [9.17, 15) is 9.90 Å². The first-order valence-electron chi connectivity index (χ1n) is 7.14. The second-order valence-corrected chi connectivity index (χ2v) is 6.85. The molecule has 19 heavy (non-hydrogen) atoms. The van der Waals surface area contributed by atoms with Crippen LogP contribution in [0.5, 0.6) is 0 Å². The summed E-state index contributed by atoms with van der Waals surface area (Å²) in [7, 11) is 0. The molecule has 1 aromatic heterocycles. The molecule has 1 fully saturated rings. The summed E-state index contributed by atoms with van der Waals surface area (Å²) in [6, 6.07) is 0.510. The summed E-state index contributed by atoms with van der Waals surface area (Å²) in [4.78, 5) is 17.0. The van der Waals surface area contributed by atoms with Gasteiger partial charge in [-0.2, -0.15) is 0 Å². The largest absolute Gasteiger partial charge is 0.481 e. The quantitative estimate of drug-likeness (QED) is 0.892. The van der Waals surface area contributed by atoms with Crippen molar-refractivity contribution in [2.45, 2.75) is 57.4 Å². The van der Waals surface area contributed by atoms with E-state index in [0.717, 1.165) is 30.1 Å². The third-order valence-corrected chi connectivity index (χ3v) is 5.48. The normalized spacial score (nSPS) is 30.1. The van der Waals surface area contributed by atoms with E-state index in [2.05, 4.69) is 17.2 Å². The molecule has 0 bridgehead atoms. The highest BCUT2D eigenvalue weighted by Gasteiger charge is 2.31. The van der Waals surface area contributed by atoms with Crippen LogP contribution in [0.15, 0.2) is 0 Å². The first-order chi connectivity index (χ1) is 9.15.